The molecule has 2 N–H and O–H groups in total. The number of benzene rings is 1. The average molecular weight is 337 g/mol. The van der Waals surface area contributed by atoms with Crippen LogP contribution in [-0.2, 0) is 16.0 Å². The number of piperidine rings is 1. The molecule has 0 bridgehead atoms. The maximum Gasteiger partial charge on any atom is 0.335 e. The third kappa shape index (κ3) is 3.97. The van der Waals surface area contributed by atoms with Crippen molar-refractivity contribution in [3.63, 3.8) is 0 Å². The fourth-order valence-electron chi connectivity index (χ4n) is 2.82. The Morgan fingerprint density at radius 1 is 1.21 bits per heavy atom. The zero-order chi connectivity index (χ0) is 17.7. The number of aliphatic carboxylic acids is 1. The van der Waals surface area contributed by atoms with Gasteiger partial charge in [0.2, 0.25) is 5.91 Å². The third-order valence-electron chi connectivity index (χ3n) is 4.44. The van der Waals surface area contributed by atoms with E-state index in [1.54, 1.807) is 31.3 Å². The van der Waals surface area contributed by atoms with Crippen LogP contribution in [0.2, 0.25) is 0 Å². The number of amides is 1. The van der Waals surface area contributed by atoms with E-state index in [1.807, 2.05) is 6.07 Å². The quantitative estimate of drug-likeness (QED) is 0.806. The molecule has 1 aromatic rings. The summed E-state index contributed by atoms with van der Waals surface area (Å²) in [4.78, 5) is 24.9. The number of carboxylic acids is 1. The van der Waals surface area contributed by atoms with E-state index in [-0.39, 0.29) is 38.3 Å². The maximum absolute atomic E-state index is 12.3. The molecule has 0 unspecified atom stereocenters. The number of nitrogens with zero attached hydrogens (tertiary/aromatic N) is 1. The second kappa shape index (κ2) is 7.53. The molecule has 1 fully saturated rings. The Labute approximate surface area is 140 Å². The highest BCUT2D eigenvalue weighted by molar-refractivity contribution is 5.79. The predicted octanol–water partition coefficient (Wildman–Crippen LogP) is 1.07. The Kier molecular flexibility index (Phi) is 5.66. The van der Waals surface area contributed by atoms with Crippen LogP contribution < -0.4 is 9.47 Å². The van der Waals surface area contributed by atoms with Gasteiger partial charge in [0.1, 0.15) is 11.5 Å². The lowest BCUT2D eigenvalue weighted by Crippen LogP contribution is -2.50. The standard InChI is InChI=1S/C17H23NO6/c1-23-13-4-5-14(24-2)12(11-13)3-6-15(19)18-9-7-17(22,8-10-18)16(20)21/h4-5,11,22H,3,6-10H2,1-2H3,(H,20,21). The fraction of sp³-hybridized carbons (Fsp3) is 0.529. The van der Waals surface area contributed by atoms with Crippen molar-refractivity contribution in [2.24, 2.45) is 0 Å². The number of carboxylic acid groups (broad SMARTS) is 1. The molecule has 0 saturated carbocycles. The highest BCUT2D eigenvalue weighted by Gasteiger charge is 2.40. The van der Waals surface area contributed by atoms with E-state index in [2.05, 4.69) is 0 Å². The second-order valence-electron chi connectivity index (χ2n) is 5.90. The van der Waals surface area contributed by atoms with Crippen LogP contribution in [0.5, 0.6) is 11.5 Å². The van der Waals surface area contributed by atoms with E-state index in [4.69, 9.17) is 14.6 Å². The number of hydrogen-bond donors (Lipinski definition) is 2. The van der Waals surface area contributed by atoms with Crippen molar-refractivity contribution in [3.8, 4) is 11.5 Å². The lowest BCUT2D eigenvalue weighted by atomic mass is 9.91. The highest BCUT2D eigenvalue weighted by Crippen LogP contribution is 2.26. The van der Waals surface area contributed by atoms with E-state index >= 15 is 0 Å². The molecule has 1 amide bonds. The lowest BCUT2D eigenvalue weighted by Gasteiger charge is -2.35. The van der Waals surface area contributed by atoms with Gasteiger partial charge in [0.15, 0.2) is 5.60 Å². The summed E-state index contributed by atoms with van der Waals surface area (Å²) in [5.41, 5.74) is -0.837. The van der Waals surface area contributed by atoms with Crippen molar-refractivity contribution in [1.82, 2.24) is 4.90 Å². The van der Waals surface area contributed by atoms with Crippen LogP contribution in [0, 0.1) is 0 Å². The molecule has 0 atom stereocenters. The van der Waals surface area contributed by atoms with Crippen LogP contribution in [0.1, 0.15) is 24.8 Å². The zero-order valence-corrected chi connectivity index (χ0v) is 13.9. The van der Waals surface area contributed by atoms with Crippen LogP contribution >= 0.6 is 0 Å². The largest absolute Gasteiger partial charge is 0.497 e. The molecule has 24 heavy (non-hydrogen) atoms. The third-order valence-corrected chi connectivity index (χ3v) is 4.44. The van der Waals surface area contributed by atoms with Gasteiger partial charge in [-0.05, 0) is 30.2 Å². The van der Waals surface area contributed by atoms with Crippen molar-refractivity contribution in [1.29, 1.82) is 0 Å². The van der Waals surface area contributed by atoms with Crippen LogP contribution in [-0.4, -0.2) is 59.9 Å². The SMILES string of the molecule is COc1ccc(OC)c(CCC(=O)N2CCC(O)(C(=O)O)CC2)c1. The number of carbonyl (C=O) groups is 2. The Bertz CT molecular complexity index is 607. The predicted molar refractivity (Wildman–Crippen MR) is 86.3 cm³/mol. The molecule has 0 aliphatic carbocycles. The number of carbonyl (C=O) groups excluding carboxylic acids is 1. The molecule has 1 heterocycles. The summed E-state index contributed by atoms with van der Waals surface area (Å²) in [5, 5.41) is 18.9. The van der Waals surface area contributed by atoms with Crippen molar-refractivity contribution < 1.29 is 29.3 Å². The number of aryl methyl sites for hydroxylation is 1. The first-order valence-corrected chi connectivity index (χ1v) is 7.84. The topological polar surface area (TPSA) is 96.3 Å². The zero-order valence-electron chi connectivity index (χ0n) is 13.9. The molecule has 132 valence electrons. The summed E-state index contributed by atoms with van der Waals surface area (Å²) < 4.78 is 10.5. The van der Waals surface area contributed by atoms with Gasteiger partial charge in [-0.2, -0.15) is 0 Å². The Morgan fingerprint density at radius 3 is 2.42 bits per heavy atom. The summed E-state index contributed by atoms with van der Waals surface area (Å²) in [6.45, 7) is 0.494. The van der Waals surface area contributed by atoms with Crippen molar-refractivity contribution >= 4 is 11.9 Å². The Balaban J connectivity index is 1.93. The first-order valence-electron chi connectivity index (χ1n) is 7.84. The van der Waals surface area contributed by atoms with Crippen LogP contribution in [0.15, 0.2) is 18.2 Å². The summed E-state index contributed by atoms with van der Waals surface area (Å²) in [6, 6.07) is 5.43. The van der Waals surface area contributed by atoms with Gasteiger partial charge in [0.25, 0.3) is 0 Å². The molecule has 1 aliphatic heterocycles. The van der Waals surface area contributed by atoms with Gasteiger partial charge in [-0.1, -0.05) is 0 Å². The monoisotopic (exact) mass is 337 g/mol. The molecule has 1 aliphatic rings. The molecular weight excluding hydrogens is 314 g/mol. The van der Waals surface area contributed by atoms with E-state index in [1.165, 1.54) is 0 Å². The van der Waals surface area contributed by atoms with E-state index in [0.29, 0.717) is 17.9 Å². The van der Waals surface area contributed by atoms with Crippen LogP contribution in [0.25, 0.3) is 0 Å². The Hall–Kier alpha value is -2.28. The van der Waals surface area contributed by atoms with Crippen molar-refractivity contribution in [2.75, 3.05) is 27.3 Å². The summed E-state index contributed by atoms with van der Waals surface area (Å²) in [5.74, 6) is 0.105. The van der Waals surface area contributed by atoms with Crippen molar-refractivity contribution in [2.45, 2.75) is 31.3 Å². The first-order chi connectivity index (χ1) is 11.4. The molecular formula is C17H23NO6. The molecule has 1 saturated heterocycles. The van der Waals surface area contributed by atoms with Crippen LogP contribution in [0.4, 0.5) is 0 Å². The Morgan fingerprint density at radius 2 is 1.88 bits per heavy atom. The number of likely N-dealkylation sites (tertiary alicyclic amines) is 1. The fourth-order valence-corrected chi connectivity index (χ4v) is 2.82. The minimum atomic E-state index is -1.72. The number of methoxy groups -OCH3 is 2. The first kappa shape index (κ1) is 18.1. The number of ether oxygens (including phenoxy) is 2. The summed E-state index contributed by atoms with van der Waals surface area (Å²) >= 11 is 0. The van der Waals surface area contributed by atoms with Gasteiger partial charge in [-0.25, -0.2) is 4.79 Å². The molecule has 1 aromatic carbocycles. The van der Waals surface area contributed by atoms with Gasteiger partial charge in [-0.3, -0.25) is 4.79 Å². The van der Waals surface area contributed by atoms with Gasteiger partial charge in [0, 0.05) is 32.4 Å². The maximum atomic E-state index is 12.3. The minimum absolute atomic E-state index is 0.0521. The summed E-state index contributed by atoms with van der Waals surface area (Å²) in [6.07, 6.45) is 0.890. The average Bonchev–Trinajstić information content (AvgIpc) is 2.59. The number of hydrogen-bond acceptors (Lipinski definition) is 5. The van der Waals surface area contributed by atoms with Gasteiger partial charge in [0.05, 0.1) is 14.2 Å². The smallest absolute Gasteiger partial charge is 0.335 e. The number of aliphatic hydroxyl groups is 1. The van der Waals surface area contributed by atoms with Gasteiger partial charge >= 0.3 is 5.97 Å². The second-order valence-corrected chi connectivity index (χ2v) is 5.90. The highest BCUT2D eigenvalue weighted by atomic mass is 16.5. The van der Waals surface area contributed by atoms with E-state index < -0.39 is 11.6 Å². The normalized spacial score (nSPS) is 16.5. The molecule has 2 rings (SSSR count). The molecule has 7 heteroatoms. The molecule has 0 radical (unpaired) electrons. The van der Waals surface area contributed by atoms with Gasteiger partial charge < -0.3 is 24.6 Å². The van der Waals surface area contributed by atoms with Gasteiger partial charge in [-0.15, -0.1) is 0 Å². The molecule has 7 nitrogen and oxygen atoms in total. The van der Waals surface area contributed by atoms with E-state index in [0.717, 1.165) is 5.56 Å². The molecule has 0 aromatic heterocycles. The minimum Gasteiger partial charge on any atom is -0.497 e. The number of rotatable bonds is 6. The van der Waals surface area contributed by atoms with Crippen LogP contribution in [0.3, 0.4) is 0 Å². The lowest BCUT2D eigenvalue weighted by molar-refractivity contribution is -0.165. The van der Waals surface area contributed by atoms with E-state index in [9.17, 15) is 14.7 Å². The van der Waals surface area contributed by atoms with Crippen molar-refractivity contribution in [3.05, 3.63) is 23.8 Å². The molecule has 0 spiro atoms. The summed E-state index contributed by atoms with van der Waals surface area (Å²) in [7, 11) is 3.15.